The minimum Gasteiger partial charge on any atom is -0.483 e. The molecule has 0 aromatic heterocycles. The van der Waals surface area contributed by atoms with Gasteiger partial charge in [0.05, 0.1) is 10.5 Å². The molecule has 0 heterocycles. The fourth-order valence-corrected chi connectivity index (χ4v) is 2.58. The molecule has 0 aliphatic rings. The zero-order valence-electron chi connectivity index (χ0n) is 13.1. The minimum atomic E-state index is -0.611. The molecule has 0 bridgehead atoms. The number of nitrogens with one attached hydrogen (secondary N) is 1. The molecular weight excluding hydrogens is 377 g/mol. The fraction of sp³-hybridized carbons (Fsp3) is 0.222. The molecular formula is C18H17BrFNO3. The number of hydrogen-bond donors (Lipinski definition) is 1. The SMILES string of the molecule is CC(=O)C(Cc1ccccc1)NC(=O)COc1ccc(F)cc1Br. The molecule has 2 aromatic rings. The van der Waals surface area contributed by atoms with Crippen molar-refractivity contribution in [3.8, 4) is 5.75 Å². The molecule has 2 rings (SSSR count). The first-order valence-electron chi connectivity index (χ1n) is 7.37. The Morgan fingerprint density at radius 3 is 2.54 bits per heavy atom. The van der Waals surface area contributed by atoms with E-state index < -0.39 is 17.8 Å². The first kappa shape index (κ1) is 18.1. The lowest BCUT2D eigenvalue weighted by molar-refractivity contribution is -0.128. The molecule has 0 spiro atoms. The molecule has 0 aliphatic carbocycles. The van der Waals surface area contributed by atoms with Gasteiger partial charge in [-0.25, -0.2) is 4.39 Å². The predicted molar refractivity (Wildman–Crippen MR) is 92.4 cm³/mol. The summed E-state index contributed by atoms with van der Waals surface area (Å²) >= 11 is 3.16. The number of benzene rings is 2. The molecule has 4 nitrogen and oxygen atoms in total. The van der Waals surface area contributed by atoms with Crippen molar-refractivity contribution in [2.45, 2.75) is 19.4 Å². The van der Waals surface area contributed by atoms with Gasteiger partial charge in [-0.3, -0.25) is 9.59 Å². The second kappa shape index (κ2) is 8.59. The highest BCUT2D eigenvalue weighted by Gasteiger charge is 2.18. The third-order valence-corrected chi connectivity index (χ3v) is 3.98. The van der Waals surface area contributed by atoms with Crippen molar-refractivity contribution in [1.82, 2.24) is 5.32 Å². The predicted octanol–water partition coefficient (Wildman–Crippen LogP) is 3.28. The molecule has 0 saturated heterocycles. The van der Waals surface area contributed by atoms with E-state index in [0.717, 1.165) is 5.56 Å². The van der Waals surface area contributed by atoms with E-state index in [1.54, 1.807) is 0 Å². The first-order valence-corrected chi connectivity index (χ1v) is 8.16. The van der Waals surface area contributed by atoms with Gasteiger partial charge in [0, 0.05) is 0 Å². The zero-order chi connectivity index (χ0) is 17.5. The second-order valence-electron chi connectivity index (χ2n) is 5.28. The van der Waals surface area contributed by atoms with E-state index in [4.69, 9.17) is 4.74 Å². The number of carbonyl (C=O) groups excluding carboxylic acids is 2. The van der Waals surface area contributed by atoms with Crippen LogP contribution in [-0.2, 0) is 16.0 Å². The summed E-state index contributed by atoms with van der Waals surface area (Å²) in [6.07, 6.45) is 0.419. The number of rotatable bonds is 7. The van der Waals surface area contributed by atoms with Crippen LogP contribution in [-0.4, -0.2) is 24.3 Å². The third kappa shape index (κ3) is 5.45. The number of ether oxygens (including phenoxy) is 1. The van der Waals surface area contributed by atoms with Crippen molar-refractivity contribution in [3.05, 3.63) is 64.4 Å². The topological polar surface area (TPSA) is 55.4 Å². The Labute approximate surface area is 148 Å². The molecule has 1 atom stereocenters. The third-order valence-electron chi connectivity index (χ3n) is 3.36. The molecule has 1 amide bonds. The van der Waals surface area contributed by atoms with Gasteiger partial charge in [-0.15, -0.1) is 0 Å². The van der Waals surface area contributed by atoms with Gasteiger partial charge < -0.3 is 10.1 Å². The van der Waals surface area contributed by atoms with Crippen LogP contribution in [0.2, 0.25) is 0 Å². The maximum absolute atomic E-state index is 13.0. The van der Waals surface area contributed by atoms with Gasteiger partial charge in [-0.05, 0) is 53.0 Å². The molecule has 0 aliphatic heterocycles. The maximum atomic E-state index is 13.0. The van der Waals surface area contributed by atoms with Crippen molar-refractivity contribution < 1.29 is 18.7 Å². The number of hydrogen-bond acceptors (Lipinski definition) is 3. The standard InChI is InChI=1S/C18H17BrFNO3/c1-12(22)16(9-13-5-3-2-4-6-13)21-18(23)11-24-17-8-7-14(20)10-15(17)19/h2-8,10,16H,9,11H2,1H3,(H,21,23). The molecule has 0 saturated carbocycles. The van der Waals surface area contributed by atoms with E-state index in [2.05, 4.69) is 21.2 Å². The fourth-order valence-electron chi connectivity index (χ4n) is 2.12. The van der Waals surface area contributed by atoms with Crippen LogP contribution in [0.3, 0.4) is 0 Å². The highest BCUT2D eigenvalue weighted by molar-refractivity contribution is 9.10. The van der Waals surface area contributed by atoms with E-state index in [1.165, 1.54) is 25.1 Å². The van der Waals surface area contributed by atoms with Crippen LogP contribution in [0.25, 0.3) is 0 Å². The van der Waals surface area contributed by atoms with Crippen LogP contribution >= 0.6 is 15.9 Å². The Hall–Kier alpha value is -2.21. The molecule has 1 unspecified atom stereocenters. The molecule has 24 heavy (non-hydrogen) atoms. The maximum Gasteiger partial charge on any atom is 0.258 e. The molecule has 6 heteroatoms. The summed E-state index contributed by atoms with van der Waals surface area (Å²) in [5.41, 5.74) is 0.959. The van der Waals surface area contributed by atoms with Gasteiger partial charge in [0.1, 0.15) is 11.6 Å². The number of halogens is 2. The summed E-state index contributed by atoms with van der Waals surface area (Å²) < 4.78 is 18.8. The first-order chi connectivity index (χ1) is 11.5. The average Bonchev–Trinajstić information content (AvgIpc) is 2.54. The Morgan fingerprint density at radius 1 is 1.21 bits per heavy atom. The van der Waals surface area contributed by atoms with Gasteiger partial charge in [-0.1, -0.05) is 30.3 Å². The Kier molecular flexibility index (Phi) is 6.49. The molecule has 0 fully saturated rings. The molecule has 2 aromatic carbocycles. The summed E-state index contributed by atoms with van der Waals surface area (Å²) in [7, 11) is 0. The Morgan fingerprint density at radius 2 is 1.92 bits per heavy atom. The van der Waals surface area contributed by atoms with E-state index in [-0.39, 0.29) is 12.4 Å². The lowest BCUT2D eigenvalue weighted by atomic mass is 10.0. The normalized spacial score (nSPS) is 11.6. The Balaban J connectivity index is 1.92. The van der Waals surface area contributed by atoms with E-state index in [1.807, 2.05) is 30.3 Å². The number of Topliss-reactive ketones (excluding diaryl/α,β-unsaturated/α-hetero) is 1. The lowest BCUT2D eigenvalue weighted by Crippen LogP contribution is -2.43. The average molecular weight is 394 g/mol. The van der Waals surface area contributed by atoms with Gasteiger partial charge in [0.2, 0.25) is 0 Å². The van der Waals surface area contributed by atoms with Gasteiger partial charge >= 0.3 is 0 Å². The second-order valence-corrected chi connectivity index (χ2v) is 6.14. The highest BCUT2D eigenvalue weighted by atomic mass is 79.9. The van der Waals surface area contributed by atoms with Gasteiger partial charge in [-0.2, -0.15) is 0 Å². The van der Waals surface area contributed by atoms with Crippen molar-refractivity contribution in [2.75, 3.05) is 6.61 Å². The van der Waals surface area contributed by atoms with E-state index in [9.17, 15) is 14.0 Å². The van der Waals surface area contributed by atoms with Crippen LogP contribution in [0.4, 0.5) is 4.39 Å². The lowest BCUT2D eigenvalue weighted by Gasteiger charge is -2.16. The van der Waals surface area contributed by atoms with Crippen LogP contribution in [0, 0.1) is 5.82 Å². The zero-order valence-corrected chi connectivity index (χ0v) is 14.7. The van der Waals surface area contributed by atoms with Crippen molar-refractivity contribution in [2.24, 2.45) is 0 Å². The minimum absolute atomic E-state index is 0.129. The monoisotopic (exact) mass is 393 g/mol. The van der Waals surface area contributed by atoms with Crippen LogP contribution < -0.4 is 10.1 Å². The smallest absolute Gasteiger partial charge is 0.258 e. The van der Waals surface area contributed by atoms with Gasteiger partial charge in [0.25, 0.3) is 5.91 Å². The van der Waals surface area contributed by atoms with Gasteiger partial charge in [0.15, 0.2) is 12.4 Å². The van der Waals surface area contributed by atoms with Crippen molar-refractivity contribution in [3.63, 3.8) is 0 Å². The molecule has 0 radical (unpaired) electrons. The number of amides is 1. The largest absolute Gasteiger partial charge is 0.483 e. The van der Waals surface area contributed by atoms with Crippen molar-refractivity contribution >= 4 is 27.6 Å². The van der Waals surface area contributed by atoms with Crippen LogP contribution in [0.5, 0.6) is 5.75 Å². The van der Waals surface area contributed by atoms with Crippen LogP contribution in [0.15, 0.2) is 53.0 Å². The summed E-state index contributed by atoms with van der Waals surface area (Å²) in [5, 5.41) is 2.66. The summed E-state index contributed by atoms with van der Waals surface area (Å²) in [6.45, 7) is 1.17. The number of carbonyl (C=O) groups is 2. The summed E-state index contributed by atoms with van der Waals surface area (Å²) in [5.74, 6) is -0.593. The molecule has 1 N–H and O–H groups in total. The Bertz CT molecular complexity index is 721. The highest BCUT2D eigenvalue weighted by Crippen LogP contribution is 2.25. The van der Waals surface area contributed by atoms with Crippen LogP contribution in [0.1, 0.15) is 12.5 Å². The molecule has 126 valence electrons. The van der Waals surface area contributed by atoms with E-state index in [0.29, 0.717) is 16.6 Å². The number of ketones is 1. The van der Waals surface area contributed by atoms with E-state index >= 15 is 0 Å². The summed E-state index contributed by atoms with van der Waals surface area (Å²) in [4.78, 5) is 23.8. The quantitative estimate of drug-likeness (QED) is 0.784. The van der Waals surface area contributed by atoms with Crippen molar-refractivity contribution in [1.29, 1.82) is 0 Å². The summed E-state index contributed by atoms with van der Waals surface area (Å²) in [6, 6.07) is 12.8.